The van der Waals surface area contributed by atoms with Crippen LogP contribution < -0.4 is 10.1 Å². The molecule has 4 nitrogen and oxygen atoms in total. The number of carbonyl (C=O) groups is 1. The van der Waals surface area contributed by atoms with Crippen molar-refractivity contribution in [1.82, 2.24) is 10.2 Å². The van der Waals surface area contributed by atoms with Crippen molar-refractivity contribution < 1.29 is 9.53 Å². The van der Waals surface area contributed by atoms with Crippen LogP contribution in [0, 0.1) is 0 Å². The number of likely N-dealkylation sites (N-methyl/N-ethyl adjacent to an activating group) is 1. The molecule has 0 aliphatic heterocycles. The van der Waals surface area contributed by atoms with Gasteiger partial charge in [-0.05, 0) is 45.5 Å². The Morgan fingerprint density at radius 3 is 2.63 bits per heavy atom. The standard InChI is InChI=1S/C15H24N2O2/c1-11(2)16-15(18)12(3)17(4)10-13-7-6-8-14(9-13)19-5/h6-9,11-12H,10H2,1-5H3,(H,16,18)/t12-/m0/s1. The lowest BCUT2D eigenvalue weighted by atomic mass is 10.1. The molecule has 1 amide bonds. The quantitative estimate of drug-likeness (QED) is 0.855. The fourth-order valence-electron chi connectivity index (χ4n) is 1.80. The van der Waals surface area contributed by atoms with Crippen LogP contribution in [0.4, 0.5) is 0 Å². The highest BCUT2D eigenvalue weighted by atomic mass is 16.5. The van der Waals surface area contributed by atoms with Gasteiger partial charge in [-0.15, -0.1) is 0 Å². The van der Waals surface area contributed by atoms with Gasteiger partial charge in [0.05, 0.1) is 13.2 Å². The number of carbonyl (C=O) groups excluding carboxylic acids is 1. The number of rotatable bonds is 6. The minimum absolute atomic E-state index is 0.0559. The first-order chi connectivity index (χ1) is 8.93. The van der Waals surface area contributed by atoms with Gasteiger partial charge in [0.2, 0.25) is 5.91 Å². The van der Waals surface area contributed by atoms with Crippen LogP contribution in [0.3, 0.4) is 0 Å². The van der Waals surface area contributed by atoms with Crippen LogP contribution in [0.25, 0.3) is 0 Å². The number of nitrogens with one attached hydrogen (secondary N) is 1. The number of nitrogens with zero attached hydrogens (tertiary/aromatic N) is 1. The minimum Gasteiger partial charge on any atom is -0.497 e. The van der Waals surface area contributed by atoms with Gasteiger partial charge in [0, 0.05) is 12.6 Å². The molecule has 0 saturated heterocycles. The van der Waals surface area contributed by atoms with Crippen LogP contribution in [0.2, 0.25) is 0 Å². The molecule has 1 N–H and O–H groups in total. The Balaban J connectivity index is 2.62. The average molecular weight is 264 g/mol. The maximum absolute atomic E-state index is 11.9. The number of ether oxygens (including phenoxy) is 1. The summed E-state index contributed by atoms with van der Waals surface area (Å²) >= 11 is 0. The van der Waals surface area contributed by atoms with Crippen LogP contribution in [-0.4, -0.2) is 37.0 Å². The molecule has 0 radical (unpaired) electrons. The van der Waals surface area contributed by atoms with E-state index >= 15 is 0 Å². The zero-order valence-electron chi connectivity index (χ0n) is 12.4. The van der Waals surface area contributed by atoms with Crippen LogP contribution in [-0.2, 0) is 11.3 Å². The number of amides is 1. The maximum atomic E-state index is 11.9. The molecule has 0 unspecified atom stereocenters. The normalized spacial score (nSPS) is 12.6. The lowest BCUT2D eigenvalue weighted by molar-refractivity contribution is -0.126. The molecule has 1 rings (SSSR count). The third-order valence-corrected chi connectivity index (χ3v) is 3.04. The maximum Gasteiger partial charge on any atom is 0.237 e. The molecule has 0 aromatic heterocycles. The Labute approximate surface area is 115 Å². The topological polar surface area (TPSA) is 41.6 Å². The molecule has 0 aliphatic carbocycles. The predicted molar refractivity (Wildman–Crippen MR) is 77.2 cm³/mol. The highest BCUT2D eigenvalue weighted by molar-refractivity contribution is 5.81. The van der Waals surface area contributed by atoms with E-state index in [4.69, 9.17) is 4.74 Å². The number of hydrogen-bond acceptors (Lipinski definition) is 3. The predicted octanol–water partition coefficient (Wildman–Crippen LogP) is 2.04. The second-order valence-electron chi connectivity index (χ2n) is 5.11. The van der Waals surface area contributed by atoms with Crippen molar-refractivity contribution in [3.8, 4) is 5.75 Å². The Morgan fingerprint density at radius 1 is 1.37 bits per heavy atom. The van der Waals surface area contributed by atoms with Crippen molar-refractivity contribution >= 4 is 5.91 Å². The molecule has 0 spiro atoms. The van der Waals surface area contributed by atoms with Crippen LogP contribution in [0.5, 0.6) is 5.75 Å². The van der Waals surface area contributed by atoms with E-state index in [-0.39, 0.29) is 18.0 Å². The molecular weight excluding hydrogens is 240 g/mol. The number of methoxy groups -OCH3 is 1. The van der Waals surface area contributed by atoms with Gasteiger partial charge in [-0.25, -0.2) is 0 Å². The summed E-state index contributed by atoms with van der Waals surface area (Å²) in [7, 11) is 3.60. The van der Waals surface area contributed by atoms with Crippen LogP contribution in [0.15, 0.2) is 24.3 Å². The lowest BCUT2D eigenvalue weighted by Crippen LogP contribution is -2.45. The SMILES string of the molecule is COc1cccc(CN(C)[C@@H](C)C(=O)NC(C)C)c1. The third-order valence-electron chi connectivity index (χ3n) is 3.04. The molecule has 0 saturated carbocycles. The fourth-order valence-corrected chi connectivity index (χ4v) is 1.80. The molecule has 19 heavy (non-hydrogen) atoms. The first-order valence-corrected chi connectivity index (χ1v) is 6.57. The minimum atomic E-state index is -0.159. The van der Waals surface area contributed by atoms with Crippen LogP contribution >= 0.6 is 0 Å². The van der Waals surface area contributed by atoms with Crippen molar-refractivity contribution in [3.63, 3.8) is 0 Å². The summed E-state index contributed by atoms with van der Waals surface area (Å²) in [6.45, 7) is 6.56. The van der Waals surface area contributed by atoms with Gasteiger partial charge in [0.15, 0.2) is 0 Å². The monoisotopic (exact) mass is 264 g/mol. The average Bonchev–Trinajstić information content (AvgIpc) is 2.37. The Kier molecular flexibility index (Phi) is 5.83. The fraction of sp³-hybridized carbons (Fsp3) is 0.533. The third kappa shape index (κ3) is 4.91. The summed E-state index contributed by atoms with van der Waals surface area (Å²) in [5.74, 6) is 0.894. The number of benzene rings is 1. The molecule has 0 fully saturated rings. The van der Waals surface area contributed by atoms with Crippen molar-refractivity contribution in [2.45, 2.75) is 39.4 Å². The van der Waals surface area contributed by atoms with Crippen molar-refractivity contribution in [2.75, 3.05) is 14.2 Å². The smallest absolute Gasteiger partial charge is 0.237 e. The van der Waals surface area contributed by atoms with E-state index in [9.17, 15) is 4.79 Å². The van der Waals surface area contributed by atoms with Gasteiger partial charge in [-0.2, -0.15) is 0 Å². The summed E-state index contributed by atoms with van der Waals surface area (Å²) in [4.78, 5) is 14.0. The van der Waals surface area contributed by atoms with E-state index in [0.29, 0.717) is 6.54 Å². The highest BCUT2D eigenvalue weighted by Gasteiger charge is 2.18. The van der Waals surface area contributed by atoms with Crippen molar-refractivity contribution in [1.29, 1.82) is 0 Å². The molecule has 1 aromatic carbocycles. The summed E-state index contributed by atoms with van der Waals surface area (Å²) in [6.07, 6.45) is 0. The summed E-state index contributed by atoms with van der Waals surface area (Å²) < 4.78 is 5.20. The molecule has 0 bridgehead atoms. The Hall–Kier alpha value is -1.55. The van der Waals surface area contributed by atoms with E-state index in [1.807, 2.05) is 57.0 Å². The van der Waals surface area contributed by atoms with Crippen LogP contribution in [0.1, 0.15) is 26.3 Å². The van der Waals surface area contributed by atoms with E-state index < -0.39 is 0 Å². The molecule has 1 aromatic rings. The summed E-state index contributed by atoms with van der Waals surface area (Å²) in [6, 6.07) is 7.91. The molecular formula is C15H24N2O2. The van der Waals surface area contributed by atoms with E-state index in [1.54, 1.807) is 7.11 Å². The van der Waals surface area contributed by atoms with Crippen molar-refractivity contribution in [2.24, 2.45) is 0 Å². The molecule has 4 heteroatoms. The van der Waals surface area contributed by atoms with Gasteiger partial charge in [-0.1, -0.05) is 12.1 Å². The molecule has 0 aliphatic rings. The number of hydrogen-bond donors (Lipinski definition) is 1. The van der Waals surface area contributed by atoms with Gasteiger partial charge in [0.25, 0.3) is 0 Å². The summed E-state index contributed by atoms with van der Waals surface area (Å²) in [5.41, 5.74) is 1.13. The van der Waals surface area contributed by atoms with Gasteiger partial charge in [0.1, 0.15) is 5.75 Å². The first kappa shape index (κ1) is 15.5. The zero-order chi connectivity index (χ0) is 14.4. The lowest BCUT2D eigenvalue weighted by Gasteiger charge is -2.25. The largest absolute Gasteiger partial charge is 0.497 e. The molecule has 106 valence electrons. The summed E-state index contributed by atoms with van der Waals surface area (Å²) in [5, 5.41) is 2.93. The van der Waals surface area contributed by atoms with E-state index in [1.165, 1.54) is 0 Å². The van der Waals surface area contributed by atoms with E-state index in [2.05, 4.69) is 5.32 Å². The molecule has 1 atom stereocenters. The van der Waals surface area contributed by atoms with E-state index in [0.717, 1.165) is 11.3 Å². The Morgan fingerprint density at radius 2 is 2.05 bits per heavy atom. The highest BCUT2D eigenvalue weighted by Crippen LogP contribution is 2.14. The second-order valence-corrected chi connectivity index (χ2v) is 5.11. The zero-order valence-corrected chi connectivity index (χ0v) is 12.4. The first-order valence-electron chi connectivity index (χ1n) is 6.57. The second kappa shape index (κ2) is 7.14. The van der Waals surface area contributed by atoms with Crippen molar-refractivity contribution in [3.05, 3.63) is 29.8 Å². The van der Waals surface area contributed by atoms with Gasteiger partial charge < -0.3 is 10.1 Å². The Bertz CT molecular complexity index is 418. The molecule has 0 heterocycles. The van der Waals surface area contributed by atoms with Gasteiger partial charge in [-0.3, -0.25) is 9.69 Å². The van der Waals surface area contributed by atoms with Gasteiger partial charge >= 0.3 is 0 Å².